The number of piperazine rings is 1. The Kier molecular flexibility index (Phi) is 4.03. The number of hydrogen-bond acceptors (Lipinski definition) is 3. The zero-order valence-electron chi connectivity index (χ0n) is 10.5. The van der Waals surface area contributed by atoms with Crippen molar-refractivity contribution in [3.05, 3.63) is 29.8 Å². The van der Waals surface area contributed by atoms with E-state index >= 15 is 0 Å². The lowest BCUT2D eigenvalue weighted by atomic mass is 10.0. The number of halogens is 3. The summed E-state index contributed by atoms with van der Waals surface area (Å²) in [6.07, 6.45) is -4.72. The fraction of sp³-hybridized carbons (Fsp3) is 0.417. The smallest absolute Gasteiger partial charge is 0.406 e. The third kappa shape index (κ3) is 3.53. The van der Waals surface area contributed by atoms with E-state index in [1.807, 2.05) is 0 Å². The van der Waals surface area contributed by atoms with E-state index < -0.39 is 12.4 Å². The summed E-state index contributed by atoms with van der Waals surface area (Å²) in [6, 6.07) is 4.59. The number of nitrogens with zero attached hydrogens (tertiary/aromatic N) is 1. The Balaban J connectivity index is 2.14. The number of rotatable bonds is 2. The summed E-state index contributed by atoms with van der Waals surface area (Å²) in [5.41, 5.74) is 5.99. The number of urea groups is 1. The predicted octanol–water partition coefficient (Wildman–Crippen LogP) is 1.61. The summed E-state index contributed by atoms with van der Waals surface area (Å²) in [5.74, 6) is -0.296. The van der Waals surface area contributed by atoms with E-state index in [0.29, 0.717) is 25.2 Å². The van der Waals surface area contributed by atoms with Crippen LogP contribution in [0.3, 0.4) is 0 Å². The van der Waals surface area contributed by atoms with Crippen molar-refractivity contribution in [1.82, 2.24) is 10.2 Å². The van der Waals surface area contributed by atoms with Gasteiger partial charge >= 0.3 is 12.4 Å². The minimum atomic E-state index is -4.72. The van der Waals surface area contributed by atoms with Gasteiger partial charge in [0.25, 0.3) is 0 Å². The van der Waals surface area contributed by atoms with Crippen LogP contribution in [0.1, 0.15) is 11.6 Å². The number of carbonyl (C=O) groups is 1. The number of carbonyl (C=O) groups excluding carboxylic acids is 1. The fourth-order valence-electron chi connectivity index (χ4n) is 2.16. The molecule has 3 N–H and O–H groups in total. The molecule has 2 rings (SSSR count). The molecule has 1 fully saturated rings. The summed E-state index contributed by atoms with van der Waals surface area (Å²) < 4.78 is 40.0. The van der Waals surface area contributed by atoms with Crippen molar-refractivity contribution in [1.29, 1.82) is 0 Å². The summed E-state index contributed by atoms with van der Waals surface area (Å²) >= 11 is 0. The third-order valence-corrected chi connectivity index (χ3v) is 3.02. The maximum atomic E-state index is 12.1. The van der Waals surface area contributed by atoms with Crippen LogP contribution in [-0.2, 0) is 0 Å². The number of nitrogens with one attached hydrogen (secondary N) is 1. The highest BCUT2D eigenvalue weighted by Gasteiger charge is 2.31. The molecule has 1 aliphatic heterocycles. The topological polar surface area (TPSA) is 67.6 Å². The minimum Gasteiger partial charge on any atom is -0.406 e. The maximum Gasteiger partial charge on any atom is 0.573 e. The minimum absolute atomic E-state index is 0.291. The van der Waals surface area contributed by atoms with E-state index in [1.54, 1.807) is 0 Å². The maximum absolute atomic E-state index is 12.1. The van der Waals surface area contributed by atoms with Crippen molar-refractivity contribution in [3.8, 4) is 5.75 Å². The monoisotopic (exact) mass is 289 g/mol. The molecule has 0 bridgehead atoms. The molecule has 0 aliphatic carbocycles. The fourth-order valence-corrected chi connectivity index (χ4v) is 2.16. The number of hydrogen-bond donors (Lipinski definition) is 2. The van der Waals surface area contributed by atoms with Gasteiger partial charge in [0.05, 0.1) is 6.04 Å². The number of ether oxygens (including phenoxy) is 1. The average molecular weight is 289 g/mol. The van der Waals surface area contributed by atoms with E-state index in [0.717, 1.165) is 0 Å². The Morgan fingerprint density at radius 2 is 2.00 bits per heavy atom. The number of alkyl halides is 3. The molecule has 0 aromatic heterocycles. The Bertz CT molecular complexity index is 476. The summed E-state index contributed by atoms with van der Waals surface area (Å²) in [6.45, 7) is 1.60. The molecular formula is C12H14F3N3O2. The zero-order chi connectivity index (χ0) is 14.8. The predicted molar refractivity (Wildman–Crippen MR) is 65.0 cm³/mol. The van der Waals surface area contributed by atoms with Crippen LogP contribution in [0.5, 0.6) is 5.75 Å². The lowest BCUT2D eigenvalue weighted by Crippen LogP contribution is -2.50. The molecule has 1 heterocycles. The van der Waals surface area contributed by atoms with Gasteiger partial charge in [0.2, 0.25) is 0 Å². The van der Waals surface area contributed by atoms with Gasteiger partial charge in [-0.25, -0.2) is 4.79 Å². The Hall–Kier alpha value is -1.96. The van der Waals surface area contributed by atoms with E-state index in [-0.39, 0.29) is 11.8 Å². The molecule has 0 radical (unpaired) electrons. The van der Waals surface area contributed by atoms with Crippen LogP contribution in [-0.4, -0.2) is 36.9 Å². The van der Waals surface area contributed by atoms with E-state index in [2.05, 4.69) is 10.1 Å². The highest BCUT2D eigenvalue weighted by atomic mass is 19.4. The number of primary amides is 1. The lowest BCUT2D eigenvalue weighted by Gasteiger charge is -2.35. The second kappa shape index (κ2) is 5.58. The van der Waals surface area contributed by atoms with Crippen LogP contribution < -0.4 is 15.8 Å². The molecule has 1 unspecified atom stereocenters. The SMILES string of the molecule is NC(=O)N1CCNCC1c1ccc(OC(F)(F)F)cc1. The highest BCUT2D eigenvalue weighted by Crippen LogP contribution is 2.27. The molecule has 110 valence electrons. The molecule has 1 aromatic rings. The number of benzene rings is 1. The lowest BCUT2D eigenvalue weighted by molar-refractivity contribution is -0.274. The number of nitrogens with two attached hydrogens (primary N) is 1. The van der Waals surface area contributed by atoms with Crippen LogP contribution >= 0.6 is 0 Å². The zero-order valence-corrected chi connectivity index (χ0v) is 10.5. The van der Waals surface area contributed by atoms with Crippen molar-refractivity contribution in [2.24, 2.45) is 5.73 Å². The molecule has 20 heavy (non-hydrogen) atoms. The van der Waals surface area contributed by atoms with Crippen LogP contribution in [0.15, 0.2) is 24.3 Å². The molecular weight excluding hydrogens is 275 g/mol. The van der Waals surface area contributed by atoms with Gasteiger partial charge in [0.15, 0.2) is 0 Å². The quantitative estimate of drug-likeness (QED) is 0.869. The second-order valence-electron chi connectivity index (χ2n) is 4.37. The Labute approximate surface area is 113 Å². The van der Waals surface area contributed by atoms with Crippen LogP contribution in [0.25, 0.3) is 0 Å². The van der Waals surface area contributed by atoms with Crippen molar-refractivity contribution >= 4 is 6.03 Å². The van der Waals surface area contributed by atoms with Crippen molar-refractivity contribution in [2.75, 3.05) is 19.6 Å². The van der Waals surface area contributed by atoms with Crippen LogP contribution in [0.2, 0.25) is 0 Å². The van der Waals surface area contributed by atoms with Gasteiger partial charge in [0, 0.05) is 19.6 Å². The molecule has 0 saturated carbocycles. The molecule has 2 amide bonds. The summed E-state index contributed by atoms with van der Waals surface area (Å²) in [7, 11) is 0. The molecule has 5 nitrogen and oxygen atoms in total. The van der Waals surface area contributed by atoms with E-state index in [9.17, 15) is 18.0 Å². The van der Waals surface area contributed by atoms with Crippen LogP contribution in [0.4, 0.5) is 18.0 Å². The molecule has 8 heteroatoms. The third-order valence-electron chi connectivity index (χ3n) is 3.02. The average Bonchev–Trinajstić information content (AvgIpc) is 2.38. The molecule has 1 saturated heterocycles. The summed E-state index contributed by atoms with van der Waals surface area (Å²) in [4.78, 5) is 12.8. The largest absolute Gasteiger partial charge is 0.573 e. The van der Waals surface area contributed by atoms with Gasteiger partial charge in [0.1, 0.15) is 5.75 Å². The van der Waals surface area contributed by atoms with Gasteiger partial charge in [-0.2, -0.15) is 0 Å². The van der Waals surface area contributed by atoms with Gasteiger partial charge in [-0.1, -0.05) is 12.1 Å². The molecule has 0 spiro atoms. The number of amides is 2. The van der Waals surface area contributed by atoms with E-state index in [1.165, 1.54) is 29.2 Å². The first-order chi connectivity index (χ1) is 9.37. The van der Waals surface area contributed by atoms with Gasteiger partial charge in [-0.15, -0.1) is 13.2 Å². The highest BCUT2D eigenvalue weighted by molar-refractivity contribution is 5.72. The Morgan fingerprint density at radius 1 is 1.35 bits per heavy atom. The van der Waals surface area contributed by atoms with Crippen molar-refractivity contribution in [2.45, 2.75) is 12.4 Å². The first-order valence-electron chi connectivity index (χ1n) is 5.99. The van der Waals surface area contributed by atoms with Gasteiger partial charge in [-0.05, 0) is 17.7 Å². The Morgan fingerprint density at radius 3 is 2.55 bits per heavy atom. The van der Waals surface area contributed by atoms with Crippen molar-refractivity contribution < 1.29 is 22.7 Å². The normalized spacial score (nSPS) is 19.8. The molecule has 1 atom stereocenters. The first kappa shape index (κ1) is 14.4. The second-order valence-corrected chi connectivity index (χ2v) is 4.37. The van der Waals surface area contributed by atoms with Crippen molar-refractivity contribution in [3.63, 3.8) is 0 Å². The van der Waals surface area contributed by atoms with E-state index in [4.69, 9.17) is 5.73 Å². The molecule has 1 aliphatic rings. The van der Waals surface area contributed by atoms with Gasteiger partial charge in [-0.3, -0.25) is 0 Å². The molecule has 1 aromatic carbocycles. The first-order valence-corrected chi connectivity index (χ1v) is 5.99. The standard InChI is InChI=1S/C12H14F3N3O2/c13-12(14,15)20-9-3-1-8(2-4-9)10-7-17-5-6-18(10)11(16)19/h1-4,10,17H,5-7H2,(H2,16,19). The van der Waals surface area contributed by atoms with Crippen LogP contribution in [0, 0.1) is 0 Å². The summed E-state index contributed by atoms with van der Waals surface area (Å²) in [5, 5.41) is 3.11. The van der Waals surface area contributed by atoms with Gasteiger partial charge < -0.3 is 20.7 Å².